The lowest BCUT2D eigenvalue weighted by molar-refractivity contribution is 0.268. The molecule has 7 nitrogen and oxygen atoms in total. The van der Waals surface area contributed by atoms with Crippen molar-refractivity contribution in [1.82, 2.24) is 20.0 Å². The monoisotopic (exact) mass is 553 g/mol. The van der Waals surface area contributed by atoms with Gasteiger partial charge in [-0.3, -0.25) is 4.98 Å². The zero-order valence-corrected chi connectivity index (χ0v) is 23.3. The highest BCUT2D eigenvalue weighted by Crippen LogP contribution is 2.40. The smallest absolute Gasteiger partial charge is 0.123 e. The Labute approximate surface area is 239 Å². The first-order valence-electron chi connectivity index (χ1n) is 13.8. The second-order valence-corrected chi connectivity index (χ2v) is 11.7. The Morgan fingerprint density at radius 2 is 1.85 bits per heavy atom. The SMILES string of the molecule is [B]C(Nc1cc(Cl)c2ncc(C#N)c(NC3C(C)CCCC3C)c2c1)(c1ccc(F)cc1)c1cn(C2CC2)nn1. The van der Waals surface area contributed by atoms with Gasteiger partial charge in [-0.2, -0.15) is 5.26 Å². The van der Waals surface area contributed by atoms with Crippen molar-refractivity contribution >= 4 is 41.7 Å². The molecule has 3 unspecified atom stereocenters. The Kier molecular flexibility index (Phi) is 6.91. The second kappa shape index (κ2) is 10.4. The Balaban J connectivity index is 1.45. The number of pyridine rings is 1. The Morgan fingerprint density at radius 3 is 2.52 bits per heavy atom. The van der Waals surface area contributed by atoms with Crippen molar-refractivity contribution in [3.05, 3.63) is 76.5 Å². The topological polar surface area (TPSA) is 91.5 Å². The third kappa shape index (κ3) is 4.90. The summed E-state index contributed by atoms with van der Waals surface area (Å²) in [6.45, 7) is 4.51. The second-order valence-electron chi connectivity index (χ2n) is 11.3. The molecule has 0 spiro atoms. The van der Waals surface area contributed by atoms with Crippen molar-refractivity contribution in [3.8, 4) is 6.07 Å². The van der Waals surface area contributed by atoms with Crippen molar-refractivity contribution in [2.75, 3.05) is 10.6 Å². The number of nitrogens with one attached hydrogen (secondary N) is 2. The van der Waals surface area contributed by atoms with E-state index in [1.807, 2.05) is 16.9 Å². The molecule has 2 aliphatic carbocycles. The molecule has 10 heteroatoms. The molecule has 2 N–H and O–H groups in total. The predicted molar refractivity (Wildman–Crippen MR) is 156 cm³/mol. The lowest BCUT2D eigenvalue weighted by Crippen LogP contribution is -2.38. The van der Waals surface area contributed by atoms with Crippen molar-refractivity contribution < 1.29 is 4.39 Å². The average molecular weight is 554 g/mol. The summed E-state index contributed by atoms with van der Waals surface area (Å²) in [4.78, 5) is 4.52. The molecule has 40 heavy (non-hydrogen) atoms. The molecule has 0 aliphatic heterocycles. The minimum absolute atomic E-state index is 0.215. The number of hydrogen-bond donors (Lipinski definition) is 2. The fourth-order valence-electron chi connectivity index (χ4n) is 5.90. The lowest BCUT2D eigenvalue weighted by Gasteiger charge is -2.36. The van der Waals surface area contributed by atoms with Crippen LogP contribution >= 0.6 is 11.6 Å². The number of rotatable bonds is 7. The molecule has 202 valence electrons. The third-order valence-corrected chi connectivity index (χ3v) is 8.67. The van der Waals surface area contributed by atoms with Gasteiger partial charge >= 0.3 is 0 Å². The van der Waals surface area contributed by atoms with Crippen molar-refractivity contribution in [2.45, 2.75) is 63.5 Å². The normalized spacial score (nSPS) is 22.4. The van der Waals surface area contributed by atoms with E-state index < -0.39 is 5.44 Å². The minimum atomic E-state index is -1.34. The molecular formula is C30H30BClFN7. The van der Waals surface area contributed by atoms with E-state index in [4.69, 9.17) is 19.4 Å². The fourth-order valence-corrected chi connectivity index (χ4v) is 6.17. The quantitative estimate of drug-likeness (QED) is 0.252. The van der Waals surface area contributed by atoms with Crippen LogP contribution in [0.25, 0.3) is 10.9 Å². The van der Waals surface area contributed by atoms with Gasteiger partial charge in [-0.05, 0) is 67.3 Å². The summed E-state index contributed by atoms with van der Waals surface area (Å²) in [6, 6.07) is 12.5. The van der Waals surface area contributed by atoms with E-state index in [2.05, 4.69) is 45.8 Å². The van der Waals surface area contributed by atoms with Gasteiger partial charge in [0.25, 0.3) is 0 Å². The van der Waals surface area contributed by atoms with E-state index in [0.717, 1.165) is 31.1 Å². The molecule has 3 atom stereocenters. The van der Waals surface area contributed by atoms with Gasteiger partial charge < -0.3 is 10.6 Å². The summed E-state index contributed by atoms with van der Waals surface area (Å²) >= 11 is 6.79. The molecule has 2 fully saturated rings. The minimum Gasteiger partial charge on any atom is -0.380 e. The van der Waals surface area contributed by atoms with Crippen LogP contribution in [0, 0.1) is 29.0 Å². The van der Waals surface area contributed by atoms with Crippen molar-refractivity contribution in [1.29, 1.82) is 5.26 Å². The highest BCUT2D eigenvalue weighted by Gasteiger charge is 2.34. The molecule has 2 aromatic heterocycles. The van der Waals surface area contributed by atoms with Crippen LogP contribution in [0.5, 0.6) is 0 Å². The van der Waals surface area contributed by atoms with Crippen LogP contribution in [0.4, 0.5) is 15.8 Å². The first-order chi connectivity index (χ1) is 19.3. The third-order valence-electron chi connectivity index (χ3n) is 8.38. The number of aromatic nitrogens is 4. The van der Waals surface area contributed by atoms with Crippen LogP contribution in [0.1, 0.15) is 68.8 Å². The summed E-state index contributed by atoms with van der Waals surface area (Å²) in [5.41, 5.74) is 2.14. The van der Waals surface area contributed by atoms with Gasteiger partial charge in [-0.15, -0.1) is 5.10 Å². The van der Waals surface area contributed by atoms with Crippen LogP contribution in [0.3, 0.4) is 0 Å². The highest BCUT2D eigenvalue weighted by molar-refractivity contribution is 6.36. The number of halogens is 2. The number of fused-ring (bicyclic) bond motifs is 1. The van der Waals surface area contributed by atoms with Crippen LogP contribution in [0.2, 0.25) is 5.02 Å². The van der Waals surface area contributed by atoms with Gasteiger partial charge in [0.1, 0.15) is 25.4 Å². The van der Waals surface area contributed by atoms with Gasteiger partial charge in [0.05, 0.1) is 39.5 Å². The Morgan fingerprint density at radius 1 is 1.12 bits per heavy atom. The average Bonchev–Trinajstić information content (AvgIpc) is 3.66. The largest absolute Gasteiger partial charge is 0.380 e. The van der Waals surface area contributed by atoms with Gasteiger partial charge in [-0.1, -0.05) is 49.2 Å². The maximum atomic E-state index is 13.9. The summed E-state index contributed by atoms with van der Waals surface area (Å²) in [5, 5.41) is 27.0. The number of nitriles is 1. The lowest BCUT2D eigenvalue weighted by atomic mass is 9.69. The molecule has 6 rings (SSSR count). The Bertz CT molecular complexity index is 1590. The molecule has 2 radical (unpaired) electrons. The van der Waals surface area contributed by atoms with E-state index in [9.17, 15) is 9.65 Å². The molecule has 4 aromatic rings. The summed E-state index contributed by atoms with van der Waals surface area (Å²) in [6.07, 6.45) is 8.98. The molecule has 0 amide bonds. The molecule has 2 aromatic carbocycles. The van der Waals surface area contributed by atoms with Crippen LogP contribution in [-0.2, 0) is 5.44 Å². The molecule has 2 aliphatic rings. The predicted octanol–water partition coefficient (Wildman–Crippen LogP) is 6.54. The van der Waals surface area contributed by atoms with Crippen molar-refractivity contribution in [3.63, 3.8) is 0 Å². The van der Waals surface area contributed by atoms with E-state index in [-0.39, 0.29) is 11.9 Å². The number of benzene rings is 2. The first-order valence-corrected chi connectivity index (χ1v) is 14.2. The summed E-state index contributed by atoms with van der Waals surface area (Å²) in [7, 11) is 7.05. The maximum absolute atomic E-state index is 13.9. The molecule has 0 bridgehead atoms. The van der Waals surface area contributed by atoms with Gasteiger partial charge in [-0.25, -0.2) is 9.07 Å². The molecular weight excluding hydrogens is 524 g/mol. The summed E-state index contributed by atoms with van der Waals surface area (Å²) in [5.74, 6) is 0.553. The molecule has 2 heterocycles. The first kappa shape index (κ1) is 26.6. The van der Waals surface area contributed by atoms with E-state index in [1.165, 1.54) is 18.6 Å². The van der Waals surface area contributed by atoms with Crippen LogP contribution < -0.4 is 10.6 Å². The zero-order valence-electron chi connectivity index (χ0n) is 22.5. The maximum Gasteiger partial charge on any atom is 0.123 e. The molecule has 0 saturated heterocycles. The summed E-state index contributed by atoms with van der Waals surface area (Å²) < 4.78 is 15.7. The van der Waals surface area contributed by atoms with Crippen LogP contribution in [0.15, 0.2) is 48.8 Å². The van der Waals surface area contributed by atoms with E-state index in [1.54, 1.807) is 24.4 Å². The van der Waals surface area contributed by atoms with Gasteiger partial charge in [0.15, 0.2) is 0 Å². The number of anilines is 2. The van der Waals surface area contributed by atoms with E-state index in [0.29, 0.717) is 56.6 Å². The van der Waals surface area contributed by atoms with Gasteiger partial charge in [0.2, 0.25) is 0 Å². The number of hydrogen-bond acceptors (Lipinski definition) is 6. The Hall–Kier alpha value is -3.64. The number of nitrogens with zero attached hydrogens (tertiary/aromatic N) is 5. The highest BCUT2D eigenvalue weighted by atomic mass is 35.5. The molecule has 2 saturated carbocycles. The van der Waals surface area contributed by atoms with Crippen molar-refractivity contribution in [2.24, 2.45) is 11.8 Å². The van der Waals surface area contributed by atoms with Crippen LogP contribution in [-0.4, -0.2) is 33.9 Å². The van der Waals surface area contributed by atoms with E-state index >= 15 is 0 Å². The standard InChI is InChI=1S/C30H30BClFN7/c1-17-4-3-5-18(2)27(17)36-28-19(14-34)15-35-29-24(28)12-22(13-25(29)32)37-30(31,20-6-8-21(33)9-7-20)26-16-40(39-38-26)23-10-11-23/h6-9,12-13,15-18,23,27,37H,3-5,10-11H2,1-2H3,(H,35,36). The zero-order chi connectivity index (χ0) is 28.0. The van der Waals surface area contributed by atoms with Gasteiger partial charge in [0, 0.05) is 23.3 Å². The fraction of sp³-hybridized carbons (Fsp3) is 0.400.